The van der Waals surface area contributed by atoms with Crippen LogP contribution in [0.1, 0.15) is 58.1 Å². The molecule has 1 saturated carbocycles. The van der Waals surface area contributed by atoms with Gasteiger partial charge in [-0.15, -0.1) is 0 Å². The van der Waals surface area contributed by atoms with Crippen LogP contribution in [-0.4, -0.2) is 75.2 Å². The molecule has 0 aromatic heterocycles. The highest BCUT2D eigenvalue weighted by Crippen LogP contribution is 2.63. The van der Waals surface area contributed by atoms with Gasteiger partial charge in [0.1, 0.15) is 5.76 Å². The lowest BCUT2D eigenvalue weighted by Crippen LogP contribution is -2.73. The summed E-state index contributed by atoms with van der Waals surface area (Å²) in [5, 5.41) is 46.6. The number of benzene rings is 1. The molecule has 192 valence electrons. The van der Waals surface area contributed by atoms with Gasteiger partial charge in [0, 0.05) is 36.7 Å². The zero-order chi connectivity index (χ0) is 25.3. The Bertz CT molecular complexity index is 1080. The lowest BCUT2D eigenvalue weighted by molar-refractivity contribution is -0.153. The van der Waals surface area contributed by atoms with Gasteiger partial charge in [-0.25, -0.2) is 0 Å². The van der Waals surface area contributed by atoms with E-state index < -0.39 is 28.4 Å². The second-order valence-electron chi connectivity index (χ2n) is 12.0. The number of piperidine rings is 1. The SMILES string of the molecule is C/C(C(=O)NCC(C)(C)CO)=C(/O)[C@@H]1Oc2c(O)ccc3c2[C@@]12CCN(CC1CC1)[C@H](C3)[C@@]2(C)O. The molecule has 35 heavy (non-hydrogen) atoms. The summed E-state index contributed by atoms with van der Waals surface area (Å²) in [6.45, 7) is 8.88. The molecule has 2 fully saturated rings. The van der Waals surface area contributed by atoms with Crippen molar-refractivity contribution < 1.29 is 30.0 Å². The smallest absolute Gasteiger partial charge is 0.250 e. The molecule has 0 radical (unpaired) electrons. The number of rotatable bonds is 7. The number of aromatic hydroxyl groups is 1. The van der Waals surface area contributed by atoms with Crippen LogP contribution in [0.3, 0.4) is 0 Å². The molecule has 2 aliphatic heterocycles. The normalized spacial score (nSPS) is 32.5. The van der Waals surface area contributed by atoms with E-state index in [1.54, 1.807) is 6.07 Å². The molecule has 1 aromatic carbocycles. The number of hydrogen-bond donors (Lipinski definition) is 5. The molecule has 1 saturated heterocycles. The van der Waals surface area contributed by atoms with Crippen molar-refractivity contribution in [2.45, 2.75) is 76.5 Å². The summed E-state index contributed by atoms with van der Waals surface area (Å²) in [7, 11) is 0. The molecule has 2 bridgehead atoms. The molecular weight excluding hydrogens is 448 g/mol. The summed E-state index contributed by atoms with van der Waals surface area (Å²) in [4.78, 5) is 15.3. The highest BCUT2D eigenvalue weighted by atomic mass is 16.5. The Morgan fingerprint density at radius 3 is 2.69 bits per heavy atom. The average molecular weight is 487 g/mol. The van der Waals surface area contributed by atoms with Gasteiger partial charge in [-0.3, -0.25) is 9.69 Å². The highest BCUT2D eigenvalue weighted by Gasteiger charge is 2.69. The second-order valence-corrected chi connectivity index (χ2v) is 12.0. The summed E-state index contributed by atoms with van der Waals surface area (Å²) in [5.74, 6) is 0.252. The molecule has 2 aliphatic carbocycles. The molecule has 5 N–H and O–H groups in total. The monoisotopic (exact) mass is 486 g/mol. The van der Waals surface area contributed by atoms with Crippen LogP contribution in [0.2, 0.25) is 0 Å². The lowest BCUT2D eigenvalue weighted by atomic mass is 9.53. The molecule has 8 heteroatoms. The fraction of sp³-hybridized carbons (Fsp3) is 0.667. The van der Waals surface area contributed by atoms with E-state index in [2.05, 4.69) is 10.2 Å². The van der Waals surface area contributed by atoms with Gasteiger partial charge >= 0.3 is 0 Å². The number of carbonyl (C=O) groups is 1. The number of aliphatic hydroxyl groups is 3. The standard InChI is InChI=1S/C27H38N2O6/c1-15(24(33)28-13-25(2,3)14-30)21(32)23-27-9-10-29(12-16-5-6-16)19(26(27,4)34)11-17-7-8-18(31)22(35-23)20(17)27/h7-8,16,19,23,30-32,34H,5-6,9-14H2,1-4H3,(H,28,33)/b21-15-/t19-,23+,26-,27+/m1/s1. The van der Waals surface area contributed by atoms with Crippen LogP contribution in [0.15, 0.2) is 23.5 Å². The molecule has 5 rings (SSSR count). The summed E-state index contributed by atoms with van der Waals surface area (Å²) in [6.07, 6.45) is 2.62. The lowest BCUT2D eigenvalue weighted by Gasteiger charge is -2.59. The molecule has 4 aliphatic rings. The first-order chi connectivity index (χ1) is 16.4. The maximum Gasteiger partial charge on any atom is 0.250 e. The van der Waals surface area contributed by atoms with Crippen molar-refractivity contribution in [2.24, 2.45) is 11.3 Å². The van der Waals surface area contributed by atoms with E-state index in [9.17, 15) is 25.2 Å². The summed E-state index contributed by atoms with van der Waals surface area (Å²) in [6, 6.07) is 3.36. The van der Waals surface area contributed by atoms with E-state index in [1.165, 1.54) is 19.8 Å². The van der Waals surface area contributed by atoms with Crippen molar-refractivity contribution in [3.05, 3.63) is 34.6 Å². The number of amides is 1. The number of phenols is 1. The van der Waals surface area contributed by atoms with Crippen molar-refractivity contribution in [3.8, 4) is 11.5 Å². The maximum atomic E-state index is 12.9. The minimum absolute atomic E-state index is 0.0279. The predicted octanol–water partition coefficient (Wildman–Crippen LogP) is 2.15. The molecule has 1 aromatic rings. The Kier molecular flexibility index (Phi) is 5.66. The van der Waals surface area contributed by atoms with Crippen LogP contribution >= 0.6 is 0 Å². The van der Waals surface area contributed by atoms with Gasteiger partial charge in [0.2, 0.25) is 5.91 Å². The summed E-state index contributed by atoms with van der Waals surface area (Å²) >= 11 is 0. The van der Waals surface area contributed by atoms with Crippen LogP contribution in [0.25, 0.3) is 0 Å². The van der Waals surface area contributed by atoms with Crippen molar-refractivity contribution >= 4 is 5.91 Å². The van der Waals surface area contributed by atoms with Gasteiger partial charge in [-0.2, -0.15) is 0 Å². The average Bonchev–Trinajstić information content (AvgIpc) is 3.55. The van der Waals surface area contributed by atoms with Gasteiger partial charge in [0.15, 0.2) is 17.6 Å². The van der Waals surface area contributed by atoms with Crippen molar-refractivity contribution in [1.82, 2.24) is 10.2 Å². The molecule has 2 heterocycles. The van der Waals surface area contributed by atoms with Crippen LogP contribution in [0, 0.1) is 11.3 Å². The van der Waals surface area contributed by atoms with E-state index in [4.69, 9.17) is 4.74 Å². The van der Waals surface area contributed by atoms with Gasteiger partial charge in [-0.05, 0) is 63.6 Å². The Morgan fingerprint density at radius 1 is 1.31 bits per heavy atom. The van der Waals surface area contributed by atoms with Gasteiger partial charge < -0.3 is 30.5 Å². The largest absolute Gasteiger partial charge is 0.508 e. The number of nitrogens with one attached hydrogen (secondary N) is 1. The fourth-order valence-electron chi connectivity index (χ4n) is 6.39. The Balaban J connectivity index is 1.55. The number of fused-ring (bicyclic) bond motifs is 1. The van der Waals surface area contributed by atoms with Gasteiger partial charge in [-0.1, -0.05) is 19.9 Å². The summed E-state index contributed by atoms with van der Waals surface area (Å²) < 4.78 is 6.25. The third-order valence-corrected chi connectivity index (χ3v) is 8.87. The van der Waals surface area contributed by atoms with E-state index in [-0.39, 0.29) is 36.3 Å². The number of phenolic OH excluding ortho intramolecular Hbond substituents is 1. The zero-order valence-corrected chi connectivity index (χ0v) is 21.1. The number of hydrogen-bond acceptors (Lipinski definition) is 7. The van der Waals surface area contributed by atoms with Crippen molar-refractivity contribution in [3.63, 3.8) is 0 Å². The molecule has 1 amide bonds. The molecule has 1 spiro atoms. The van der Waals surface area contributed by atoms with E-state index in [1.807, 2.05) is 26.8 Å². The fourth-order valence-corrected chi connectivity index (χ4v) is 6.39. The van der Waals surface area contributed by atoms with Crippen LogP contribution in [-0.2, 0) is 16.6 Å². The van der Waals surface area contributed by atoms with E-state index in [0.717, 1.165) is 24.2 Å². The number of aliphatic hydroxyl groups excluding tert-OH is 2. The second kappa shape index (κ2) is 8.11. The molecule has 4 atom stereocenters. The number of carbonyl (C=O) groups excluding carboxylic acids is 1. The molecule has 0 unspecified atom stereocenters. The summed E-state index contributed by atoms with van der Waals surface area (Å²) in [5.41, 5.74) is -0.867. The van der Waals surface area contributed by atoms with Crippen LogP contribution < -0.4 is 10.1 Å². The number of likely N-dealkylation sites (tertiary alicyclic amines) is 1. The first kappa shape index (κ1) is 24.4. The third kappa shape index (κ3) is 3.64. The molecular formula is C27H38N2O6. The number of ether oxygens (including phenoxy) is 1. The van der Waals surface area contributed by atoms with Crippen LogP contribution in [0.4, 0.5) is 0 Å². The topological polar surface area (TPSA) is 122 Å². The maximum absolute atomic E-state index is 12.9. The number of nitrogens with zero attached hydrogens (tertiary/aromatic N) is 1. The Hall–Kier alpha value is -2.29. The van der Waals surface area contributed by atoms with E-state index >= 15 is 0 Å². The first-order valence-electron chi connectivity index (χ1n) is 12.7. The quantitative estimate of drug-likeness (QED) is 0.296. The Labute approximate surface area is 206 Å². The zero-order valence-electron chi connectivity index (χ0n) is 21.1. The predicted molar refractivity (Wildman–Crippen MR) is 130 cm³/mol. The molecule has 8 nitrogen and oxygen atoms in total. The van der Waals surface area contributed by atoms with Crippen LogP contribution in [0.5, 0.6) is 11.5 Å². The van der Waals surface area contributed by atoms with Gasteiger partial charge in [0.25, 0.3) is 0 Å². The van der Waals surface area contributed by atoms with E-state index in [0.29, 0.717) is 24.5 Å². The first-order valence-corrected chi connectivity index (χ1v) is 12.7. The van der Waals surface area contributed by atoms with Crippen molar-refractivity contribution in [2.75, 3.05) is 26.2 Å². The third-order valence-electron chi connectivity index (χ3n) is 8.87. The highest BCUT2D eigenvalue weighted by molar-refractivity contribution is 5.93. The van der Waals surface area contributed by atoms with Crippen molar-refractivity contribution in [1.29, 1.82) is 0 Å². The van der Waals surface area contributed by atoms with Gasteiger partial charge in [0.05, 0.1) is 16.6 Å². The minimum Gasteiger partial charge on any atom is -0.508 e. The Morgan fingerprint density at radius 2 is 2.03 bits per heavy atom. The minimum atomic E-state index is -1.25.